The van der Waals surface area contributed by atoms with Gasteiger partial charge >= 0.3 is 0 Å². The summed E-state index contributed by atoms with van der Waals surface area (Å²) in [6.07, 6.45) is 31.0. The van der Waals surface area contributed by atoms with Crippen LogP contribution < -0.4 is 11.5 Å². The molecule has 0 bridgehead atoms. The standard InChI is InChI=1S/C50H72N2/c1-3-5-7-9-15-19-23-45-37-41(25-31-47(45)39-43-27-33-49(51)34-28-43)21-17-13-11-12-14-18-22-42-26-32-48(40-44-29-35-50(52)36-30-44)46(38-42)24-20-16-10-8-6-4-2/h25-38H,3-24,39-40,51-52H2,1-2H3. The zero-order valence-corrected chi connectivity index (χ0v) is 33.2. The fraction of sp³-hybridized carbons (Fsp3) is 0.520. The van der Waals surface area contributed by atoms with E-state index >= 15 is 0 Å². The molecule has 4 N–H and O–H groups in total. The van der Waals surface area contributed by atoms with Crippen LogP contribution in [0.5, 0.6) is 0 Å². The Balaban J connectivity index is 1.20. The van der Waals surface area contributed by atoms with Crippen molar-refractivity contribution in [1.29, 1.82) is 0 Å². The molecule has 0 unspecified atom stereocenters. The zero-order chi connectivity index (χ0) is 36.6. The van der Waals surface area contributed by atoms with Crippen molar-refractivity contribution in [3.8, 4) is 0 Å². The lowest BCUT2D eigenvalue weighted by Gasteiger charge is -2.13. The van der Waals surface area contributed by atoms with E-state index in [2.05, 4.69) is 74.5 Å². The van der Waals surface area contributed by atoms with Crippen molar-refractivity contribution in [2.45, 2.75) is 168 Å². The number of hydrogen-bond donors (Lipinski definition) is 2. The van der Waals surface area contributed by atoms with E-state index in [1.54, 1.807) is 11.1 Å². The molecule has 0 spiro atoms. The van der Waals surface area contributed by atoms with Crippen molar-refractivity contribution in [2.75, 3.05) is 11.5 Å². The van der Waals surface area contributed by atoms with Crippen LogP contribution in [0.15, 0.2) is 84.9 Å². The first-order chi connectivity index (χ1) is 25.5. The molecule has 0 aromatic heterocycles. The van der Waals surface area contributed by atoms with E-state index in [-0.39, 0.29) is 0 Å². The van der Waals surface area contributed by atoms with Crippen LogP contribution >= 0.6 is 0 Å². The van der Waals surface area contributed by atoms with E-state index in [0.29, 0.717) is 0 Å². The van der Waals surface area contributed by atoms with Crippen LogP contribution in [0.25, 0.3) is 0 Å². The van der Waals surface area contributed by atoms with E-state index in [0.717, 1.165) is 24.2 Å². The summed E-state index contributed by atoms with van der Waals surface area (Å²) < 4.78 is 0. The molecular formula is C50H72N2. The topological polar surface area (TPSA) is 52.0 Å². The Hall–Kier alpha value is -3.52. The molecule has 0 fully saturated rings. The number of aryl methyl sites for hydroxylation is 4. The summed E-state index contributed by atoms with van der Waals surface area (Å²) in [5.41, 5.74) is 25.5. The van der Waals surface area contributed by atoms with E-state index in [1.165, 1.54) is 175 Å². The van der Waals surface area contributed by atoms with Crippen molar-refractivity contribution in [3.05, 3.63) is 129 Å². The summed E-state index contributed by atoms with van der Waals surface area (Å²) in [6, 6.07) is 31.6. The minimum Gasteiger partial charge on any atom is -0.399 e. The Morgan fingerprint density at radius 1 is 0.308 bits per heavy atom. The molecule has 2 heteroatoms. The number of hydrogen-bond acceptors (Lipinski definition) is 2. The second kappa shape index (κ2) is 24.7. The number of anilines is 2. The fourth-order valence-corrected chi connectivity index (χ4v) is 7.75. The predicted molar refractivity (Wildman–Crippen MR) is 229 cm³/mol. The summed E-state index contributed by atoms with van der Waals surface area (Å²) in [5.74, 6) is 0. The summed E-state index contributed by atoms with van der Waals surface area (Å²) in [6.45, 7) is 4.60. The van der Waals surface area contributed by atoms with Gasteiger partial charge in [-0.2, -0.15) is 0 Å². The first-order valence-corrected chi connectivity index (χ1v) is 21.4. The van der Waals surface area contributed by atoms with Gasteiger partial charge in [-0.05, 0) is 133 Å². The second-order valence-electron chi connectivity index (χ2n) is 15.7. The number of nitrogen functional groups attached to an aromatic ring is 2. The monoisotopic (exact) mass is 701 g/mol. The first-order valence-electron chi connectivity index (χ1n) is 21.4. The minimum atomic E-state index is 0.843. The molecule has 4 aromatic rings. The Bertz CT molecular complexity index is 1400. The van der Waals surface area contributed by atoms with Crippen molar-refractivity contribution in [3.63, 3.8) is 0 Å². The molecule has 4 rings (SSSR count). The highest BCUT2D eigenvalue weighted by Gasteiger charge is 2.09. The van der Waals surface area contributed by atoms with Gasteiger partial charge in [-0.15, -0.1) is 0 Å². The van der Waals surface area contributed by atoms with Gasteiger partial charge in [-0.25, -0.2) is 0 Å². The molecule has 0 radical (unpaired) electrons. The molecule has 2 nitrogen and oxygen atoms in total. The SMILES string of the molecule is CCCCCCCCc1cc(CCCCCCCCc2ccc(Cc3ccc(N)cc3)c(CCCCCCCC)c2)ccc1Cc1ccc(N)cc1. The smallest absolute Gasteiger partial charge is 0.0314 e. The summed E-state index contributed by atoms with van der Waals surface area (Å²) in [5, 5.41) is 0. The Morgan fingerprint density at radius 2 is 0.615 bits per heavy atom. The normalized spacial score (nSPS) is 11.3. The van der Waals surface area contributed by atoms with Gasteiger partial charge in [0.2, 0.25) is 0 Å². The Labute approximate surface area is 319 Å². The lowest BCUT2D eigenvalue weighted by atomic mass is 9.92. The maximum atomic E-state index is 5.96. The summed E-state index contributed by atoms with van der Waals surface area (Å²) in [7, 11) is 0. The van der Waals surface area contributed by atoms with Crippen molar-refractivity contribution < 1.29 is 0 Å². The van der Waals surface area contributed by atoms with Crippen LogP contribution in [-0.4, -0.2) is 0 Å². The molecule has 0 aliphatic heterocycles. The molecule has 0 atom stereocenters. The molecule has 0 aliphatic carbocycles. The van der Waals surface area contributed by atoms with E-state index in [1.807, 2.05) is 24.3 Å². The number of benzene rings is 4. The maximum absolute atomic E-state index is 5.96. The summed E-state index contributed by atoms with van der Waals surface area (Å²) >= 11 is 0. The third kappa shape index (κ3) is 16.0. The molecule has 0 aliphatic rings. The van der Waals surface area contributed by atoms with Crippen LogP contribution in [0.4, 0.5) is 11.4 Å². The highest BCUT2D eigenvalue weighted by Crippen LogP contribution is 2.24. The van der Waals surface area contributed by atoms with E-state index in [4.69, 9.17) is 11.5 Å². The highest BCUT2D eigenvalue weighted by molar-refractivity contribution is 5.43. The van der Waals surface area contributed by atoms with E-state index in [9.17, 15) is 0 Å². The van der Waals surface area contributed by atoms with Gasteiger partial charge in [0, 0.05) is 11.4 Å². The number of rotatable bonds is 27. The molecule has 282 valence electrons. The van der Waals surface area contributed by atoms with Crippen LogP contribution in [0, 0.1) is 0 Å². The fourth-order valence-electron chi connectivity index (χ4n) is 7.75. The predicted octanol–water partition coefficient (Wildman–Crippen LogP) is 14.0. The first kappa shape index (κ1) is 41.2. The third-order valence-corrected chi connectivity index (χ3v) is 11.1. The van der Waals surface area contributed by atoms with Gasteiger partial charge in [0.1, 0.15) is 0 Å². The van der Waals surface area contributed by atoms with Crippen molar-refractivity contribution in [1.82, 2.24) is 0 Å². The number of unbranched alkanes of at least 4 members (excludes halogenated alkanes) is 15. The summed E-state index contributed by atoms with van der Waals surface area (Å²) in [4.78, 5) is 0. The van der Waals surface area contributed by atoms with Crippen LogP contribution in [0.1, 0.15) is 174 Å². The molecule has 52 heavy (non-hydrogen) atoms. The lowest BCUT2D eigenvalue weighted by molar-refractivity contribution is 0.592. The van der Waals surface area contributed by atoms with Crippen LogP contribution in [-0.2, 0) is 38.5 Å². The molecule has 0 saturated heterocycles. The van der Waals surface area contributed by atoms with Gasteiger partial charge in [-0.3, -0.25) is 0 Å². The Kier molecular flexibility index (Phi) is 19.6. The van der Waals surface area contributed by atoms with E-state index < -0.39 is 0 Å². The van der Waals surface area contributed by atoms with Crippen LogP contribution in [0.3, 0.4) is 0 Å². The van der Waals surface area contributed by atoms with Gasteiger partial charge < -0.3 is 11.5 Å². The highest BCUT2D eigenvalue weighted by atomic mass is 14.5. The molecule has 4 aromatic carbocycles. The van der Waals surface area contributed by atoms with Gasteiger partial charge in [0.15, 0.2) is 0 Å². The molecule has 0 amide bonds. The molecule has 0 heterocycles. The minimum absolute atomic E-state index is 0.843. The average molecular weight is 701 g/mol. The van der Waals surface area contributed by atoms with Crippen LogP contribution in [0.2, 0.25) is 0 Å². The van der Waals surface area contributed by atoms with Gasteiger partial charge in [-0.1, -0.05) is 164 Å². The maximum Gasteiger partial charge on any atom is 0.0314 e. The largest absolute Gasteiger partial charge is 0.399 e. The Morgan fingerprint density at radius 3 is 0.981 bits per heavy atom. The quantitative estimate of drug-likeness (QED) is 0.0480. The number of nitrogens with two attached hydrogens (primary N) is 2. The van der Waals surface area contributed by atoms with Crippen molar-refractivity contribution in [2.24, 2.45) is 0 Å². The van der Waals surface area contributed by atoms with Gasteiger partial charge in [0.05, 0.1) is 0 Å². The zero-order valence-electron chi connectivity index (χ0n) is 33.2. The van der Waals surface area contributed by atoms with Crippen molar-refractivity contribution >= 4 is 11.4 Å². The molecule has 0 saturated carbocycles. The second-order valence-corrected chi connectivity index (χ2v) is 15.7. The third-order valence-electron chi connectivity index (χ3n) is 11.1. The average Bonchev–Trinajstić information content (AvgIpc) is 3.15. The molecular weight excluding hydrogens is 629 g/mol. The van der Waals surface area contributed by atoms with Gasteiger partial charge in [0.25, 0.3) is 0 Å². The lowest BCUT2D eigenvalue weighted by Crippen LogP contribution is -1.99.